The number of urea groups is 1. The van der Waals surface area contributed by atoms with Crippen molar-refractivity contribution < 1.29 is 37.0 Å². The van der Waals surface area contributed by atoms with E-state index < -0.39 is 41.4 Å². The Labute approximate surface area is 220 Å². The number of carbonyl (C=O) groups is 2. The summed E-state index contributed by atoms with van der Waals surface area (Å²) in [6, 6.07) is 11.6. The van der Waals surface area contributed by atoms with Crippen LogP contribution in [-0.4, -0.2) is 31.1 Å². The van der Waals surface area contributed by atoms with Crippen LogP contribution in [0.5, 0.6) is 23.0 Å². The van der Waals surface area contributed by atoms with Crippen LogP contribution in [0.15, 0.2) is 60.8 Å². The van der Waals surface area contributed by atoms with E-state index in [2.05, 4.69) is 17.8 Å². The van der Waals surface area contributed by atoms with Gasteiger partial charge in [-0.05, 0) is 48.5 Å². The van der Waals surface area contributed by atoms with E-state index in [1.165, 1.54) is 26.4 Å². The number of thiol groups is 1. The van der Waals surface area contributed by atoms with Gasteiger partial charge in [0.05, 0.1) is 31.8 Å². The largest absolute Gasteiger partial charge is 0.493 e. The maximum absolute atomic E-state index is 13.8. The molecule has 4 aromatic rings. The molecule has 0 aliphatic heterocycles. The number of pyridine rings is 1. The van der Waals surface area contributed by atoms with Gasteiger partial charge in [-0.15, -0.1) is 0 Å². The number of fused-ring (bicyclic) bond motifs is 1. The van der Waals surface area contributed by atoms with Gasteiger partial charge in [0, 0.05) is 23.2 Å². The lowest BCUT2D eigenvalue weighted by Gasteiger charge is -2.17. The first-order chi connectivity index (χ1) is 18.2. The number of halogens is 3. The van der Waals surface area contributed by atoms with Crippen molar-refractivity contribution in [2.24, 2.45) is 0 Å². The fourth-order valence-corrected chi connectivity index (χ4v) is 3.73. The second-order valence-corrected chi connectivity index (χ2v) is 8.19. The molecule has 1 aromatic heterocycles. The highest BCUT2D eigenvalue weighted by Crippen LogP contribution is 2.37. The molecule has 0 atom stereocenters. The highest BCUT2D eigenvalue weighted by molar-refractivity contribution is 7.82. The molecule has 8 nitrogen and oxygen atoms in total. The molecule has 0 fully saturated rings. The number of amides is 3. The van der Waals surface area contributed by atoms with Crippen LogP contribution >= 0.6 is 12.8 Å². The number of ether oxygens (including phenoxy) is 3. The summed E-state index contributed by atoms with van der Waals surface area (Å²) < 4.78 is 58.4. The number of hydrogen-bond acceptors (Lipinski definition) is 7. The van der Waals surface area contributed by atoms with Gasteiger partial charge in [-0.25, -0.2) is 22.3 Å². The maximum Gasteiger partial charge on any atom is 0.338 e. The minimum atomic E-state index is -1.49. The van der Waals surface area contributed by atoms with Crippen molar-refractivity contribution in [2.75, 3.05) is 18.5 Å². The van der Waals surface area contributed by atoms with Gasteiger partial charge >= 0.3 is 6.03 Å². The smallest absolute Gasteiger partial charge is 0.338 e. The standard InChI is InChI=1S/C26H20F3N3O5S/c1-35-22-11-17-20(13-23(22)36-2)30-10-9-21(17)37-15-5-3-14(4-6-15)32(38)26(34)31-24(33)12-16-18(27)7-8-19(28)25(16)29/h3-11,13,38H,12H2,1-2H3,(H,31,33,34). The molecule has 38 heavy (non-hydrogen) atoms. The lowest BCUT2D eigenvalue weighted by Crippen LogP contribution is -2.39. The zero-order valence-electron chi connectivity index (χ0n) is 20.0. The van der Waals surface area contributed by atoms with E-state index in [4.69, 9.17) is 14.2 Å². The number of carbonyl (C=O) groups excluding carboxylic acids is 2. The van der Waals surface area contributed by atoms with Gasteiger partial charge in [-0.1, -0.05) is 12.8 Å². The average molecular weight is 544 g/mol. The molecule has 0 aliphatic carbocycles. The van der Waals surface area contributed by atoms with Gasteiger partial charge in [-0.2, -0.15) is 0 Å². The second kappa shape index (κ2) is 11.3. The summed E-state index contributed by atoms with van der Waals surface area (Å²) >= 11 is 4.08. The molecule has 4 rings (SSSR count). The molecule has 0 aliphatic rings. The zero-order chi connectivity index (χ0) is 27.4. The molecule has 3 amide bonds. The lowest BCUT2D eigenvalue weighted by atomic mass is 10.1. The summed E-state index contributed by atoms with van der Waals surface area (Å²) in [7, 11) is 3.04. The monoisotopic (exact) mass is 543 g/mol. The topological polar surface area (TPSA) is 90.0 Å². The van der Waals surface area contributed by atoms with Crippen molar-refractivity contribution in [3.05, 3.63) is 83.8 Å². The van der Waals surface area contributed by atoms with Crippen LogP contribution in [-0.2, 0) is 11.2 Å². The van der Waals surface area contributed by atoms with E-state index in [9.17, 15) is 22.8 Å². The fourth-order valence-electron chi connectivity index (χ4n) is 3.54. The van der Waals surface area contributed by atoms with Gasteiger partial charge in [0.2, 0.25) is 5.91 Å². The first-order valence-corrected chi connectivity index (χ1v) is 11.4. The Bertz CT molecular complexity index is 1520. The van der Waals surface area contributed by atoms with Crippen molar-refractivity contribution in [3.63, 3.8) is 0 Å². The Morgan fingerprint density at radius 2 is 1.58 bits per heavy atom. The minimum Gasteiger partial charge on any atom is -0.493 e. The van der Waals surface area contributed by atoms with Crippen LogP contribution < -0.4 is 23.8 Å². The summed E-state index contributed by atoms with van der Waals surface area (Å²) in [4.78, 5) is 28.9. The van der Waals surface area contributed by atoms with Gasteiger partial charge in [0.15, 0.2) is 23.1 Å². The summed E-state index contributed by atoms with van der Waals surface area (Å²) in [5.74, 6) is -3.02. The van der Waals surface area contributed by atoms with Crippen molar-refractivity contribution in [3.8, 4) is 23.0 Å². The first-order valence-electron chi connectivity index (χ1n) is 11.0. The number of nitrogens with zero attached hydrogens (tertiary/aromatic N) is 2. The average Bonchev–Trinajstić information content (AvgIpc) is 2.92. The van der Waals surface area contributed by atoms with Crippen LogP contribution in [0.2, 0.25) is 0 Å². The highest BCUT2D eigenvalue weighted by Gasteiger charge is 2.21. The number of imide groups is 1. The molecule has 3 aromatic carbocycles. The normalized spacial score (nSPS) is 10.7. The predicted molar refractivity (Wildman–Crippen MR) is 136 cm³/mol. The number of methoxy groups -OCH3 is 2. The summed E-state index contributed by atoms with van der Waals surface area (Å²) in [6.45, 7) is 0. The molecular weight excluding hydrogens is 523 g/mol. The minimum absolute atomic E-state index is 0.264. The Hall–Kier alpha value is -4.45. The third kappa shape index (κ3) is 5.59. The van der Waals surface area contributed by atoms with Crippen molar-refractivity contribution in [1.82, 2.24) is 10.3 Å². The number of aromatic nitrogens is 1. The second-order valence-electron chi connectivity index (χ2n) is 7.79. The van der Waals surface area contributed by atoms with E-state index in [0.717, 1.165) is 4.31 Å². The number of hydrogen-bond donors (Lipinski definition) is 2. The fraction of sp³-hybridized carbons (Fsp3) is 0.115. The van der Waals surface area contributed by atoms with E-state index in [0.29, 0.717) is 46.0 Å². The zero-order valence-corrected chi connectivity index (χ0v) is 20.9. The molecular formula is C26H20F3N3O5S. The van der Waals surface area contributed by atoms with Crippen LogP contribution in [0.3, 0.4) is 0 Å². The first kappa shape index (κ1) is 26.6. The Morgan fingerprint density at radius 3 is 2.26 bits per heavy atom. The van der Waals surface area contributed by atoms with Gasteiger partial charge < -0.3 is 14.2 Å². The number of anilines is 1. The molecule has 0 radical (unpaired) electrons. The van der Waals surface area contributed by atoms with Crippen molar-refractivity contribution in [1.29, 1.82) is 0 Å². The van der Waals surface area contributed by atoms with E-state index in [-0.39, 0.29) is 5.69 Å². The molecule has 1 N–H and O–H groups in total. The molecule has 0 bridgehead atoms. The maximum atomic E-state index is 13.8. The van der Waals surface area contributed by atoms with Crippen LogP contribution in [0.1, 0.15) is 5.56 Å². The quantitative estimate of drug-likeness (QED) is 0.233. The molecule has 0 saturated heterocycles. The van der Waals surface area contributed by atoms with Crippen LogP contribution in [0.25, 0.3) is 10.9 Å². The third-order valence-corrected chi connectivity index (χ3v) is 5.84. The Balaban J connectivity index is 1.45. The van der Waals surface area contributed by atoms with Gasteiger partial charge in [0.25, 0.3) is 0 Å². The summed E-state index contributed by atoms with van der Waals surface area (Å²) in [6.07, 6.45) is 0.697. The molecule has 0 spiro atoms. The number of rotatable bonds is 7. The van der Waals surface area contributed by atoms with E-state index in [1.54, 1.807) is 36.5 Å². The summed E-state index contributed by atoms with van der Waals surface area (Å²) in [5, 5.41) is 2.63. The van der Waals surface area contributed by atoms with Gasteiger partial charge in [0.1, 0.15) is 17.3 Å². The van der Waals surface area contributed by atoms with E-state index in [1.807, 2.05) is 5.32 Å². The van der Waals surface area contributed by atoms with E-state index >= 15 is 0 Å². The van der Waals surface area contributed by atoms with Crippen LogP contribution in [0.4, 0.5) is 23.7 Å². The predicted octanol–water partition coefficient (Wildman–Crippen LogP) is 5.59. The van der Waals surface area contributed by atoms with Crippen molar-refractivity contribution >= 4 is 41.3 Å². The third-order valence-electron chi connectivity index (χ3n) is 5.43. The van der Waals surface area contributed by atoms with Crippen molar-refractivity contribution in [2.45, 2.75) is 6.42 Å². The summed E-state index contributed by atoms with van der Waals surface area (Å²) in [5.41, 5.74) is 0.0972. The molecule has 12 heteroatoms. The Kier molecular flexibility index (Phi) is 7.91. The highest BCUT2D eigenvalue weighted by atomic mass is 32.1. The SMILES string of the molecule is COc1cc2nccc(Oc3ccc(N(S)C(=O)NC(=O)Cc4c(F)ccc(F)c4F)cc3)c2cc1OC. The lowest BCUT2D eigenvalue weighted by molar-refractivity contribution is -0.119. The molecule has 0 saturated carbocycles. The molecule has 196 valence electrons. The molecule has 1 heterocycles. The van der Waals surface area contributed by atoms with Gasteiger partial charge in [-0.3, -0.25) is 15.1 Å². The Morgan fingerprint density at radius 1 is 0.921 bits per heavy atom. The van der Waals surface area contributed by atoms with Crippen LogP contribution in [0, 0.1) is 17.5 Å². The molecule has 0 unspecified atom stereocenters. The number of nitrogens with one attached hydrogen (secondary N) is 1. The number of benzene rings is 3.